The van der Waals surface area contributed by atoms with Gasteiger partial charge in [-0.15, -0.1) is 11.8 Å². The third kappa shape index (κ3) is 6.84. The summed E-state index contributed by atoms with van der Waals surface area (Å²) in [6, 6.07) is 18.9. The smallest absolute Gasteiger partial charge is 0.263 e. The Labute approximate surface area is 241 Å². The molecule has 13 heteroatoms. The van der Waals surface area contributed by atoms with Crippen LogP contribution in [0.4, 0.5) is 17.3 Å². The number of nitrogens with two attached hydrogens (primary N) is 1. The van der Waals surface area contributed by atoms with E-state index in [0.29, 0.717) is 27.6 Å². The lowest BCUT2D eigenvalue weighted by Gasteiger charge is -2.13. The molecule has 0 saturated heterocycles. The molecule has 2 heterocycles. The number of thioether (sulfide) groups is 1. The van der Waals surface area contributed by atoms with E-state index in [2.05, 4.69) is 32.3 Å². The number of hydrogen-bond donors (Lipinski definition) is 3. The molecule has 0 aliphatic heterocycles. The first-order chi connectivity index (χ1) is 19.6. The van der Waals surface area contributed by atoms with Crippen molar-refractivity contribution in [3.63, 3.8) is 0 Å². The molecule has 41 heavy (non-hydrogen) atoms. The first kappa shape index (κ1) is 29.1. The fraction of sp³-hybridized carbons (Fsp3) is 0.179. The Kier molecular flexibility index (Phi) is 8.92. The van der Waals surface area contributed by atoms with Gasteiger partial charge in [0, 0.05) is 29.5 Å². The molecule has 0 saturated carbocycles. The van der Waals surface area contributed by atoms with Gasteiger partial charge in [-0.3, -0.25) is 9.52 Å². The van der Waals surface area contributed by atoms with Gasteiger partial charge in [0.25, 0.3) is 10.0 Å². The molecule has 2 aromatic heterocycles. The molecule has 4 rings (SSSR count). The zero-order chi connectivity index (χ0) is 29.6. The van der Waals surface area contributed by atoms with Crippen LogP contribution in [0.25, 0.3) is 11.1 Å². The highest BCUT2D eigenvalue weighted by Crippen LogP contribution is 2.36. The number of hydrogen-bond acceptors (Lipinski definition) is 10. The SMILES string of the molecule is CCc1ccc(-c2c(C#N)c(N)nc(SCCC(=O)Nc3ccc(S(=O)(=O)Nc4cc(C)on4)cc3)c2C#N)cc1. The van der Waals surface area contributed by atoms with Crippen molar-refractivity contribution in [2.45, 2.75) is 36.6 Å². The van der Waals surface area contributed by atoms with Gasteiger partial charge in [0.15, 0.2) is 5.82 Å². The first-order valence-corrected chi connectivity index (χ1v) is 14.8. The van der Waals surface area contributed by atoms with Crippen LogP contribution in [0.3, 0.4) is 0 Å². The van der Waals surface area contributed by atoms with E-state index in [1.807, 2.05) is 31.2 Å². The van der Waals surface area contributed by atoms with Crippen molar-refractivity contribution in [2.24, 2.45) is 0 Å². The van der Waals surface area contributed by atoms with Crippen LogP contribution in [-0.2, 0) is 21.2 Å². The highest BCUT2D eigenvalue weighted by atomic mass is 32.2. The minimum atomic E-state index is -3.88. The maximum Gasteiger partial charge on any atom is 0.263 e. The molecule has 0 spiro atoms. The first-order valence-electron chi connectivity index (χ1n) is 12.4. The van der Waals surface area contributed by atoms with Gasteiger partial charge in [0.05, 0.1) is 10.5 Å². The van der Waals surface area contributed by atoms with E-state index in [1.165, 1.54) is 42.1 Å². The van der Waals surface area contributed by atoms with E-state index in [4.69, 9.17) is 10.3 Å². The highest BCUT2D eigenvalue weighted by molar-refractivity contribution is 7.99. The van der Waals surface area contributed by atoms with E-state index in [0.717, 1.165) is 12.0 Å². The van der Waals surface area contributed by atoms with Gasteiger partial charge in [-0.1, -0.05) is 36.3 Å². The summed E-state index contributed by atoms with van der Waals surface area (Å²) >= 11 is 1.18. The van der Waals surface area contributed by atoms with Crippen molar-refractivity contribution in [1.82, 2.24) is 10.1 Å². The van der Waals surface area contributed by atoms with Crippen LogP contribution in [0.2, 0.25) is 0 Å². The van der Waals surface area contributed by atoms with Crippen LogP contribution in [-0.4, -0.2) is 30.2 Å². The Morgan fingerprint density at radius 1 is 1.07 bits per heavy atom. The number of pyridine rings is 1. The molecule has 0 fully saturated rings. The average Bonchev–Trinajstić information content (AvgIpc) is 3.36. The number of nitrogens with zero attached hydrogens (tertiary/aromatic N) is 4. The van der Waals surface area contributed by atoms with Crippen LogP contribution in [0.15, 0.2) is 69.0 Å². The van der Waals surface area contributed by atoms with Crippen molar-refractivity contribution in [3.05, 3.63) is 77.0 Å². The number of nitrogens with one attached hydrogen (secondary N) is 2. The van der Waals surface area contributed by atoms with Gasteiger partial charge in [0.1, 0.15) is 34.3 Å². The highest BCUT2D eigenvalue weighted by Gasteiger charge is 2.21. The maximum absolute atomic E-state index is 12.6. The van der Waals surface area contributed by atoms with Crippen LogP contribution in [0.1, 0.15) is 35.8 Å². The summed E-state index contributed by atoms with van der Waals surface area (Å²) in [5.41, 5.74) is 9.05. The Balaban J connectivity index is 1.42. The number of carbonyl (C=O) groups excluding carboxylic acids is 1. The molecule has 4 aromatic rings. The largest absolute Gasteiger partial charge is 0.383 e. The van der Waals surface area contributed by atoms with Crippen molar-refractivity contribution < 1.29 is 17.7 Å². The summed E-state index contributed by atoms with van der Waals surface area (Å²) < 4.78 is 32.3. The van der Waals surface area contributed by atoms with Gasteiger partial charge in [-0.25, -0.2) is 13.4 Å². The third-order valence-electron chi connectivity index (χ3n) is 5.95. The molecular weight excluding hydrogens is 562 g/mol. The Morgan fingerprint density at radius 3 is 2.34 bits per heavy atom. The second-order valence-corrected chi connectivity index (χ2v) is 11.6. The summed E-state index contributed by atoms with van der Waals surface area (Å²) in [4.78, 5) is 16.8. The van der Waals surface area contributed by atoms with Gasteiger partial charge in [-0.2, -0.15) is 10.5 Å². The minimum Gasteiger partial charge on any atom is -0.383 e. The Bertz CT molecular complexity index is 1770. The van der Waals surface area contributed by atoms with Gasteiger partial charge in [-0.05, 0) is 48.7 Å². The Hall–Kier alpha value is -4.85. The summed E-state index contributed by atoms with van der Waals surface area (Å²) in [6.07, 6.45) is 0.924. The van der Waals surface area contributed by atoms with Gasteiger partial charge < -0.3 is 15.6 Å². The van der Waals surface area contributed by atoms with E-state index < -0.39 is 10.0 Å². The lowest BCUT2D eigenvalue weighted by molar-refractivity contribution is -0.115. The number of nitrogen functional groups attached to an aromatic ring is 1. The summed E-state index contributed by atoms with van der Waals surface area (Å²) in [5, 5.41) is 26.3. The molecule has 0 aliphatic rings. The summed E-state index contributed by atoms with van der Waals surface area (Å²) in [7, 11) is -3.88. The zero-order valence-corrected chi connectivity index (χ0v) is 23.8. The molecule has 0 radical (unpaired) electrons. The molecule has 0 bridgehead atoms. The average molecular weight is 588 g/mol. The van der Waals surface area contributed by atoms with Crippen LogP contribution in [0, 0.1) is 29.6 Å². The monoisotopic (exact) mass is 587 g/mol. The minimum absolute atomic E-state index is 0.0104. The number of sulfonamides is 1. The number of amides is 1. The second-order valence-electron chi connectivity index (χ2n) is 8.80. The topological polar surface area (TPSA) is 188 Å². The zero-order valence-electron chi connectivity index (χ0n) is 22.1. The van der Waals surface area contributed by atoms with Crippen LogP contribution >= 0.6 is 11.8 Å². The lowest BCUT2D eigenvalue weighted by atomic mass is 9.96. The number of carbonyl (C=O) groups is 1. The predicted octanol–water partition coefficient (Wildman–Crippen LogP) is 4.85. The van der Waals surface area contributed by atoms with E-state index in [9.17, 15) is 23.7 Å². The summed E-state index contributed by atoms with van der Waals surface area (Å²) in [5.74, 6) is 0.497. The number of benzene rings is 2. The lowest BCUT2D eigenvalue weighted by Crippen LogP contribution is -2.14. The predicted molar refractivity (Wildman–Crippen MR) is 155 cm³/mol. The van der Waals surface area contributed by atoms with Crippen molar-refractivity contribution >= 4 is 45.0 Å². The van der Waals surface area contributed by atoms with Crippen molar-refractivity contribution in [3.8, 4) is 23.3 Å². The summed E-state index contributed by atoms with van der Waals surface area (Å²) in [6.45, 7) is 3.68. The third-order valence-corrected chi connectivity index (χ3v) is 8.30. The van der Waals surface area contributed by atoms with E-state index >= 15 is 0 Å². The molecule has 2 aromatic carbocycles. The number of aryl methyl sites for hydroxylation is 2. The number of nitriles is 2. The molecule has 0 aliphatic carbocycles. The molecular formula is C28H25N7O4S2. The maximum atomic E-state index is 12.6. The quantitative estimate of drug-likeness (QED) is 0.216. The molecule has 4 N–H and O–H groups in total. The molecule has 1 amide bonds. The molecule has 208 valence electrons. The van der Waals surface area contributed by atoms with Gasteiger partial charge in [0.2, 0.25) is 5.91 Å². The van der Waals surface area contributed by atoms with Crippen molar-refractivity contribution in [1.29, 1.82) is 10.5 Å². The van der Waals surface area contributed by atoms with Gasteiger partial charge >= 0.3 is 0 Å². The normalized spacial score (nSPS) is 10.9. The Morgan fingerprint density at radius 2 is 1.76 bits per heavy atom. The second kappa shape index (κ2) is 12.6. The molecule has 0 atom stereocenters. The molecule has 0 unspecified atom stereocenters. The van der Waals surface area contributed by atoms with E-state index in [-0.39, 0.29) is 45.7 Å². The fourth-order valence-electron chi connectivity index (χ4n) is 3.89. The number of rotatable bonds is 10. The van der Waals surface area contributed by atoms with Crippen molar-refractivity contribution in [2.75, 3.05) is 21.5 Å². The number of aromatic nitrogens is 2. The molecule has 11 nitrogen and oxygen atoms in total. The van der Waals surface area contributed by atoms with E-state index in [1.54, 1.807) is 6.92 Å². The van der Waals surface area contributed by atoms with Crippen LogP contribution in [0.5, 0.6) is 0 Å². The van der Waals surface area contributed by atoms with Crippen LogP contribution < -0.4 is 15.8 Å². The standard InChI is InChI=1S/C28H25N7O4S2/c1-3-18-4-6-19(7-5-18)26-22(15-29)27(31)33-28(23(26)16-30)40-13-12-25(36)32-20-8-10-21(11-9-20)41(37,38)35-24-14-17(2)39-34-24/h4-11,14H,3,12-13H2,1-2H3,(H2,31,33)(H,32,36)(H,34,35). The fourth-order valence-corrected chi connectivity index (χ4v) is 5.81. The number of anilines is 3.